The van der Waals surface area contributed by atoms with Crippen molar-refractivity contribution in [2.24, 2.45) is 0 Å². The van der Waals surface area contributed by atoms with E-state index in [1.165, 1.54) is 6.07 Å². The van der Waals surface area contributed by atoms with Crippen molar-refractivity contribution in [3.63, 3.8) is 0 Å². The number of nitrogens with zero attached hydrogens (tertiary/aromatic N) is 1. The normalized spacial score (nSPS) is 11.2. The number of benzene rings is 1. The van der Waals surface area contributed by atoms with Crippen molar-refractivity contribution in [2.75, 3.05) is 26.8 Å². The molecule has 0 bridgehead atoms. The minimum absolute atomic E-state index is 0.149. The Morgan fingerprint density at radius 3 is 3.00 bits per heavy atom. The zero-order valence-electron chi connectivity index (χ0n) is 10.7. The Morgan fingerprint density at radius 2 is 2.17 bits per heavy atom. The average molecular weight is 250 g/mol. The van der Waals surface area contributed by atoms with Crippen LogP contribution in [0.1, 0.15) is 6.42 Å². The molecule has 3 nitrogen and oxygen atoms in total. The van der Waals surface area contributed by atoms with Crippen LogP contribution in [-0.2, 0) is 11.3 Å². The standard InChI is InChI=1S/C14H19FN2O/c1-18-11-8-16-7-3-9-17-10-6-12-13(15)4-2-5-14(12)17/h2,4-6,10,16H,3,7-9,11H2,1H3. The van der Waals surface area contributed by atoms with E-state index in [1.54, 1.807) is 13.2 Å². The van der Waals surface area contributed by atoms with E-state index in [9.17, 15) is 4.39 Å². The zero-order valence-corrected chi connectivity index (χ0v) is 10.7. The summed E-state index contributed by atoms with van der Waals surface area (Å²) in [6.07, 6.45) is 2.97. The number of hydrogen-bond donors (Lipinski definition) is 1. The van der Waals surface area contributed by atoms with Crippen LogP contribution in [0.3, 0.4) is 0 Å². The third-order valence-electron chi connectivity index (χ3n) is 3.00. The molecular weight excluding hydrogens is 231 g/mol. The lowest BCUT2D eigenvalue weighted by molar-refractivity contribution is 0.199. The van der Waals surface area contributed by atoms with E-state index in [2.05, 4.69) is 9.88 Å². The Labute approximate surface area is 107 Å². The van der Waals surface area contributed by atoms with Crippen LogP contribution in [0.15, 0.2) is 30.5 Å². The summed E-state index contributed by atoms with van der Waals surface area (Å²) in [5, 5.41) is 3.99. The Balaban J connectivity index is 1.86. The lowest BCUT2D eigenvalue weighted by Gasteiger charge is -2.06. The van der Waals surface area contributed by atoms with Crippen LogP contribution in [0.2, 0.25) is 0 Å². The van der Waals surface area contributed by atoms with Gasteiger partial charge in [0.15, 0.2) is 0 Å². The van der Waals surface area contributed by atoms with Gasteiger partial charge in [0.1, 0.15) is 5.82 Å². The van der Waals surface area contributed by atoms with E-state index >= 15 is 0 Å². The highest BCUT2D eigenvalue weighted by molar-refractivity contribution is 5.80. The molecule has 0 radical (unpaired) electrons. The summed E-state index contributed by atoms with van der Waals surface area (Å²) in [6, 6.07) is 7.05. The van der Waals surface area contributed by atoms with Crippen molar-refractivity contribution in [3.05, 3.63) is 36.3 Å². The van der Waals surface area contributed by atoms with E-state index < -0.39 is 0 Å². The molecule has 18 heavy (non-hydrogen) atoms. The SMILES string of the molecule is COCCNCCCn1ccc2c(F)cccc21. The molecule has 1 heterocycles. The number of methoxy groups -OCH3 is 1. The topological polar surface area (TPSA) is 26.2 Å². The van der Waals surface area contributed by atoms with Crippen molar-refractivity contribution in [1.29, 1.82) is 0 Å². The maximum absolute atomic E-state index is 13.5. The molecule has 0 atom stereocenters. The summed E-state index contributed by atoms with van der Waals surface area (Å²) >= 11 is 0. The maximum atomic E-state index is 13.5. The van der Waals surface area contributed by atoms with Gasteiger partial charge < -0.3 is 14.6 Å². The second kappa shape index (κ2) is 6.52. The van der Waals surface area contributed by atoms with Gasteiger partial charge in [0.25, 0.3) is 0 Å². The molecule has 0 fully saturated rings. The number of rotatable bonds is 7. The van der Waals surface area contributed by atoms with Crippen LogP contribution in [0.25, 0.3) is 10.9 Å². The molecule has 98 valence electrons. The first-order valence-electron chi connectivity index (χ1n) is 6.26. The molecule has 1 N–H and O–H groups in total. The van der Waals surface area contributed by atoms with E-state index in [0.29, 0.717) is 5.39 Å². The Bertz CT molecular complexity index is 495. The monoisotopic (exact) mass is 250 g/mol. The molecule has 2 rings (SSSR count). The molecule has 0 aliphatic rings. The molecule has 0 amide bonds. The predicted octanol–water partition coefficient (Wildman–Crippen LogP) is 2.41. The number of nitrogens with one attached hydrogen (secondary N) is 1. The summed E-state index contributed by atoms with van der Waals surface area (Å²) in [4.78, 5) is 0. The van der Waals surface area contributed by atoms with Gasteiger partial charge in [-0.25, -0.2) is 4.39 Å². The van der Waals surface area contributed by atoms with Gasteiger partial charge in [0.05, 0.1) is 12.1 Å². The molecule has 0 spiro atoms. The molecule has 1 aromatic heterocycles. The summed E-state index contributed by atoms with van der Waals surface area (Å²) in [6.45, 7) is 3.44. The highest BCUT2D eigenvalue weighted by Gasteiger charge is 2.04. The van der Waals surface area contributed by atoms with Crippen molar-refractivity contribution in [2.45, 2.75) is 13.0 Å². The second-order valence-corrected chi connectivity index (χ2v) is 4.28. The van der Waals surface area contributed by atoms with Gasteiger partial charge in [0, 0.05) is 31.8 Å². The fourth-order valence-electron chi connectivity index (χ4n) is 2.05. The highest BCUT2D eigenvalue weighted by Crippen LogP contribution is 2.18. The Hall–Kier alpha value is -1.39. The Morgan fingerprint density at radius 1 is 1.28 bits per heavy atom. The van der Waals surface area contributed by atoms with Crippen LogP contribution in [0.5, 0.6) is 0 Å². The number of hydrogen-bond acceptors (Lipinski definition) is 2. The van der Waals surface area contributed by atoms with Gasteiger partial charge >= 0.3 is 0 Å². The third-order valence-corrected chi connectivity index (χ3v) is 3.00. The van der Waals surface area contributed by atoms with Gasteiger partial charge in [-0.1, -0.05) is 6.07 Å². The van der Waals surface area contributed by atoms with Crippen LogP contribution < -0.4 is 5.32 Å². The molecule has 0 saturated carbocycles. The third kappa shape index (κ3) is 3.09. The van der Waals surface area contributed by atoms with Crippen LogP contribution in [0, 0.1) is 5.82 Å². The maximum Gasteiger partial charge on any atom is 0.132 e. The molecule has 4 heteroatoms. The highest BCUT2D eigenvalue weighted by atomic mass is 19.1. The van der Waals surface area contributed by atoms with Gasteiger partial charge in [0.2, 0.25) is 0 Å². The molecule has 2 aromatic rings. The number of aryl methyl sites for hydroxylation is 1. The minimum atomic E-state index is -0.149. The first-order valence-corrected chi connectivity index (χ1v) is 6.26. The second-order valence-electron chi connectivity index (χ2n) is 4.28. The summed E-state index contributed by atoms with van der Waals surface area (Å²) in [7, 11) is 1.70. The summed E-state index contributed by atoms with van der Waals surface area (Å²) in [5.41, 5.74) is 0.965. The van der Waals surface area contributed by atoms with E-state index in [0.717, 1.165) is 38.2 Å². The predicted molar refractivity (Wildman–Crippen MR) is 71.3 cm³/mol. The van der Waals surface area contributed by atoms with Crippen molar-refractivity contribution in [1.82, 2.24) is 9.88 Å². The van der Waals surface area contributed by atoms with Gasteiger partial charge in [-0.05, 0) is 31.2 Å². The number of aromatic nitrogens is 1. The van der Waals surface area contributed by atoms with Gasteiger partial charge in [-0.2, -0.15) is 0 Å². The van der Waals surface area contributed by atoms with Crippen LogP contribution >= 0.6 is 0 Å². The molecule has 0 aliphatic carbocycles. The fraction of sp³-hybridized carbons (Fsp3) is 0.429. The average Bonchev–Trinajstić information content (AvgIpc) is 2.79. The van der Waals surface area contributed by atoms with E-state index in [4.69, 9.17) is 4.74 Å². The number of halogens is 1. The number of ether oxygens (including phenoxy) is 1. The lowest BCUT2D eigenvalue weighted by Crippen LogP contribution is -2.21. The van der Waals surface area contributed by atoms with E-state index in [-0.39, 0.29) is 5.82 Å². The van der Waals surface area contributed by atoms with Crippen molar-refractivity contribution < 1.29 is 9.13 Å². The quantitative estimate of drug-likeness (QED) is 0.764. The largest absolute Gasteiger partial charge is 0.383 e. The summed E-state index contributed by atoms with van der Waals surface area (Å²) in [5.74, 6) is -0.149. The van der Waals surface area contributed by atoms with E-state index in [1.807, 2.05) is 18.3 Å². The van der Waals surface area contributed by atoms with Crippen LogP contribution in [-0.4, -0.2) is 31.4 Å². The molecule has 0 saturated heterocycles. The first kappa shape index (κ1) is 13.1. The zero-order chi connectivity index (χ0) is 12.8. The van der Waals surface area contributed by atoms with Crippen molar-refractivity contribution >= 4 is 10.9 Å². The molecular formula is C14H19FN2O. The van der Waals surface area contributed by atoms with Crippen LogP contribution in [0.4, 0.5) is 4.39 Å². The minimum Gasteiger partial charge on any atom is -0.383 e. The van der Waals surface area contributed by atoms with Gasteiger partial charge in [-0.15, -0.1) is 0 Å². The van der Waals surface area contributed by atoms with Crippen molar-refractivity contribution in [3.8, 4) is 0 Å². The smallest absolute Gasteiger partial charge is 0.132 e. The molecule has 0 aliphatic heterocycles. The first-order chi connectivity index (χ1) is 8.83. The Kier molecular flexibility index (Phi) is 4.73. The number of fused-ring (bicyclic) bond motifs is 1. The molecule has 1 aromatic carbocycles. The lowest BCUT2D eigenvalue weighted by atomic mass is 10.2. The van der Waals surface area contributed by atoms with Gasteiger partial charge in [-0.3, -0.25) is 0 Å². The summed E-state index contributed by atoms with van der Waals surface area (Å²) < 4.78 is 20.5. The molecule has 0 unspecified atom stereocenters. The fourth-order valence-corrected chi connectivity index (χ4v) is 2.05.